The average molecular weight is 413 g/mol. The molecule has 0 bridgehead atoms. The van der Waals surface area contributed by atoms with Crippen molar-refractivity contribution in [1.29, 1.82) is 5.26 Å². The van der Waals surface area contributed by atoms with Crippen molar-refractivity contribution in [2.75, 3.05) is 43.2 Å². The monoisotopic (exact) mass is 412 g/mol. The quantitative estimate of drug-likeness (QED) is 0.687. The second-order valence-corrected chi connectivity index (χ2v) is 7.97. The first-order valence-corrected chi connectivity index (χ1v) is 10.6. The molecule has 0 aliphatic carbocycles. The molecule has 1 unspecified atom stereocenters. The molecule has 8 nitrogen and oxygen atoms in total. The van der Waals surface area contributed by atoms with Gasteiger partial charge in [0, 0.05) is 25.8 Å². The van der Waals surface area contributed by atoms with Crippen LogP contribution in [0.1, 0.15) is 45.7 Å². The molecule has 1 aromatic heterocycles. The van der Waals surface area contributed by atoms with Gasteiger partial charge in [-0.1, -0.05) is 18.6 Å². The van der Waals surface area contributed by atoms with E-state index in [1.165, 1.54) is 5.57 Å². The van der Waals surface area contributed by atoms with Crippen LogP contribution in [0.4, 0.5) is 11.8 Å². The zero-order valence-electron chi connectivity index (χ0n) is 18.1. The fraction of sp³-hybridized carbons (Fsp3) is 0.591. The first-order valence-electron chi connectivity index (χ1n) is 10.6. The molecule has 3 rings (SSSR count). The molecule has 0 spiro atoms. The summed E-state index contributed by atoms with van der Waals surface area (Å²) in [7, 11) is 0. The number of allylic oxidation sites excluding steroid dienone is 3. The SMILES string of the molecule is CC/C(C)=C/C=C(\N)Nc1nc(N2CCOCC2C)cc(C2(C#N)CCOCC2)n1. The summed E-state index contributed by atoms with van der Waals surface area (Å²) in [5, 5.41) is 13.1. The Labute approximate surface area is 178 Å². The fourth-order valence-electron chi connectivity index (χ4n) is 3.62. The Morgan fingerprint density at radius 3 is 2.77 bits per heavy atom. The minimum absolute atomic E-state index is 0.185. The minimum Gasteiger partial charge on any atom is -0.385 e. The van der Waals surface area contributed by atoms with E-state index >= 15 is 0 Å². The van der Waals surface area contributed by atoms with Gasteiger partial charge in [0.15, 0.2) is 0 Å². The molecule has 30 heavy (non-hydrogen) atoms. The normalized spacial score (nSPS) is 22.5. The Kier molecular flexibility index (Phi) is 7.29. The lowest BCUT2D eigenvalue weighted by Crippen LogP contribution is -2.44. The van der Waals surface area contributed by atoms with E-state index in [0.717, 1.165) is 18.8 Å². The summed E-state index contributed by atoms with van der Waals surface area (Å²) in [4.78, 5) is 11.6. The van der Waals surface area contributed by atoms with Gasteiger partial charge in [-0.3, -0.25) is 0 Å². The zero-order valence-corrected chi connectivity index (χ0v) is 18.1. The smallest absolute Gasteiger partial charge is 0.230 e. The lowest BCUT2D eigenvalue weighted by Gasteiger charge is -2.36. The van der Waals surface area contributed by atoms with E-state index in [2.05, 4.69) is 37.1 Å². The third-order valence-corrected chi connectivity index (χ3v) is 5.79. The number of nitriles is 1. The summed E-state index contributed by atoms with van der Waals surface area (Å²) in [5.41, 5.74) is 7.42. The summed E-state index contributed by atoms with van der Waals surface area (Å²) in [5.74, 6) is 1.64. The molecule has 8 heteroatoms. The topological polar surface area (TPSA) is 109 Å². The van der Waals surface area contributed by atoms with Crippen LogP contribution in [0, 0.1) is 11.3 Å². The third kappa shape index (κ3) is 5.10. The van der Waals surface area contributed by atoms with Crippen molar-refractivity contribution >= 4 is 11.8 Å². The van der Waals surface area contributed by atoms with E-state index < -0.39 is 5.41 Å². The van der Waals surface area contributed by atoms with Crippen LogP contribution < -0.4 is 16.0 Å². The van der Waals surface area contributed by atoms with Gasteiger partial charge in [0.05, 0.1) is 31.0 Å². The Bertz CT molecular complexity index is 839. The number of nitrogens with zero attached hydrogens (tertiary/aromatic N) is 4. The standard InChI is InChI=1S/C22H32N6O2/c1-4-16(2)5-6-19(24)26-21-25-18(22(15-23)7-10-29-11-8-22)13-20(27-21)28-9-12-30-14-17(28)3/h5-6,13,17H,4,7-12,14,24H2,1-3H3,(H,25,26,27)/b16-5+,19-6+. The van der Waals surface area contributed by atoms with Crippen molar-refractivity contribution in [2.24, 2.45) is 5.73 Å². The van der Waals surface area contributed by atoms with Crippen LogP contribution in [0.3, 0.4) is 0 Å². The molecule has 162 valence electrons. The molecule has 2 saturated heterocycles. The molecule has 1 aromatic rings. The molecular formula is C22H32N6O2. The van der Waals surface area contributed by atoms with E-state index in [9.17, 15) is 5.26 Å². The Hall–Kier alpha value is -2.63. The Balaban J connectivity index is 1.99. The molecule has 2 aliphatic rings. The lowest BCUT2D eigenvalue weighted by molar-refractivity contribution is 0.0663. The average Bonchev–Trinajstić information content (AvgIpc) is 2.78. The van der Waals surface area contributed by atoms with Crippen molar-refractivity contribution in [1.82, 2.24) is 9.97 Å². The Morgan fingerprint density at radius 2 is 2.10 bits per heavy atom. The summed E-state index contributed by atoms with van der Waals surface area (Å²) < 4.78 is 11.1. The summed E-state index contributed by atoms with van der Waals surface area (Å²) in [6.07, 6.45) is 5.98. The second kappa shape index (κ2) is 9.92. The van der Waals surface area contributed by atoms with Crippen LogP contribution in [0.5, 0.6) is 0 Å². The highest BCUT2D eigenvalue weighted by Gasteiger charge is 2.37. The van der Waals surface area contributed by atoms with E-state index in [0.29, 0.717) is 56.7 Å². The number of nitrogens with one attached hydrogen (secondary N) is 1. The largest absolute Gasteiger partial charge is 0.385 e. The van der Waals surface area contributed by atoms with Crippen molar-refractivity contribution < 1.29 is 9.47 Å². The molecule has 0 amide bonds. The Morgan fingerprint density at radius 1 is 1.33 bits per heavy atom. The predicted molar refractivity (Wildman–Crippen MR) is 117 cm³/mol. The van der Waals surface area contributed by atoms with E-state index in [1.54, 1.807) is 0 Å². The molecule has 1 atom stereocenters. The molecule has 0 radical (unpaired) electrons. The van der Waals surface area contributed by atoms with Gasteiger partial charge in [-0.15, -0.1) is 0 Å². The number of hydrogen-bond acceptors (Lipinski definition) is 8. The fourth-order valence-corrected chi connectivity index (χ4v) is 3.62. The van der Waals surface area contributed by atoms with Crippen LogP contribution in [-0.2, 0) is 14.9 Å². The van der Waals surface area contributed by atoms with Gasteiger partial charge < -0.3 is 25.4 Å². The van der Waals surface area contributed by atoms with Gasteiger partial charge in [0.2, 0.25) is 5.95 Å². The summed E-state index contributed by atoms with van der Waals surface area (Å²) >= 11 is 0. The molecular weight excluding hydrogens is 380 g/mol. The van der Waals surface area contributed by atoms with Crippen LogP contribution >= 0.6 is 0 Å². The highest BCUT2D eigenvalue weighted by atomic mass is 16.5. The van der Waals surface area contributed by atoms with Crippen molar-refractivity contribution in [2.45, 2.75) is 51.5 Å². The van der Waals surface area contributed by atoms with Crippen molar-refractivity contribution in [3.63, 3.8) is 0 Å². The van der Waals surface area contributed by atoms with Gasteiger partial charge in [-0.25, -0.2) is 4.98 Å². The minimum atomic E-state index is -0.681. The molecule has 2 aliphatic heterocycles. The van der Waals surface area contributed by atoms with E-state index in [-0.39, 0.29) is 6.04 Å². The predicted octanol–water partition coefficient (Wildman–Crippen LogP) is 2.84. The maximum Gasteiger partial charge on any atom is 0.230 e. The molecule has 0 aromatic carbocycles. The molecule has 2 fully saturated rings. The number of morpholine rings is 1. The number of aromatic nitrogens is 2. The van der Waals surface area contributed by atoms with Gasteiger partial charge in [0.1, 0.15) is 17.1 Å². The van der Waals surface area contributed by atoms with Crippen LogP contribution in [0.2, 0.25) is 0 Å². The van der Waals surface area contributed by atoms with Gasteiger partial charge >= 0.3 is 0 Å². The summed E-state index contributed by atoms with van der Waals surface area (Å²) in [6, 6.07) is 4.64. The van der Waals surface area contributed by atoms with Gasteiger partial charge in [-0.2, -0.15) is 10.2 Å². The second-order valence-electron chi connectivity index (χ2n) is 7.97. The number of hydrogen-bond donors (Lipinski definition) is 2. The van der Waals surface area contributed by atoms with Crippen LogP contribution in [0.25, 0.3) is 0 Å². The van der Waals surface area contributed by atoms with Crippen LogP contribution in [-0.4, -0.2) is 49.0 Å². The number of ether oxygens (including phenoxy) is 2. The van der Waals surface area contributed by atoms with Gasteiger partial charge in [-0.05, 0) is 39.2 Å². The lowest BCUT2D eigenvalue weighted by atomic mass is 9.78. The maximum absolute atomic E-state index is 10.0. The summed E-state index contributed by atoms with van der Waals surface area (Å²) in [6.45, 7) is 9.38. The molecule has 0 saturated carbocycles. The maximum atomic E-state index is 10.0. The number of anilines is 2. The first-order chi connectivity index (χ1) is 14.5. The molecule has 3 heterocycles. The third-order valence-electron chi connectivity index (χ3n) is 5.79. The highest BCUT2D eigenvalue weighted by Crippen LogP contribution is 2.35. The zero-order chi connectivity index (χ0) is 21.6. The highest BCUT2D eigenvalue weighted by molar-refractivity contribution is 5.50. The van der Waals surface area contributed by atoms with E-state index in [1.807, 2.05) is 18.2 Å². The first kappa shape index (κ1) is 22.1. The number of nitrogens with two attached hydrogens (primary N) is 1. The van der Waals surface area contributed by atoms with Gasteiger partial charge in [0.25, 0.3) is 0 Å². The van der Waals surface area contributed by atoms with Crippen molar-refractivity contribution in [3.8, 4) is 6.07 Å². The van der Waals surface area contributed by atoms with Crippen molar-refractivity contribution in [3.05, 3.63) is 35.3 Å². The van der Waals surface area contributed by atoms with Crippen LogP contribution in [0.15, 0.2) is 29.6 Å². The number of rotatable bonds is 6. The molecule has 3 N–H and O–H groups in total. The van der Waals surface area contributed by atoms with E-state index in [4.69, 9.17) is 25.2 Å².